The van der Waals surface area contributed by atoms with Crippen molar-refractivity contribution in [1.29, 1.82) is 0 Å². The largest absolute Gasteiger partial charge is 0.473 e. The van der Waals surface area contributed by atoms with E-state index >= 15 is 0 Å². The molecule has 0 atom stereocenters. The molecular weight excluding hydrogens is 378 g/mol. The summed E-state index contributed by atoms with van der Waals surface area (Å²) in [7, 11) is 0. The minimum absolute atomic E-state index is 0.378. The molecule has 0 radical (unpaired) electrons. The van der Waals surface area contributed by atoms with Crippen LogP contribution in [-0.4, -0.2) is 14.5 Å². The van der Waals surface area contributed by atoms with Gasteiger partial charge in [0, 0.05) is 29.4 Å². The van der Waals surface area contributed by atoms with Crippen LogP contribution < -0.4 is 10.5 Å². The number of fused-ring (bicyclic) bond motifs is 1. The van der Waals surface area contributed by atoms with Gasteiger partial charge in [-0.05, 0) is 42.0 Å². The number of pyridine rings is 2. The van der Waals surface area contributed by atoms with E-state index in [1.807, 2.05) is 72.8 Å². The van der Waals surface area contributed by atoms with Crippen molar-refractivity contribution in [1.82, 2.24) is 14.5 Å². The Morgan fingerprint density at radius 3 is 2.53 bits per heavy atom. The number of para-hydroxylation sites is 1. The van der Waals surface area contributed by atoms with Crippen molar-refractivity contribution in [3.63, 3.8) is 0 Å². The van der Waals surface area contributed by atoms with Crippen molar-refractivity contribution in [3.05, 3.63) is 108 Å². The summed E-state index contributed by atoms with van der Waals surface area (Å²) in [6.07, 6.45) is 4.82. The Hall–Kier alpha value is -4.19. The van der Waals surface area contributed by atoms with Crippen molar-refractivity contribution < 1.29 is 9.15 Å². The average Bonchev–Trinajstić information content (AvgIpc) is 3.20. The van der Waals surface area contributed by atoms with Crippen LogP contribution in [0.1, 0.15) is 5.56 Å². The first-order valence-electron chi connectivity index (χ1n) is 9.47. The summed E-state index contributed by atoms with van der Waals surface area (Å²) in [5, 5.41) is 1.07. The van der Waals surface area contributed by atoms with E-state index in [-0.39, 0.29) is 0 Å². The lowest BCUT2D eigenvalue weighted by Gasteiger charge is -2.09. The van der Waals surface area contributed by atoms with Gasteiger partial charge in [-0.2, -0.15) is 0 Å². The molecule has 2 aromatic carbocycles. The number of hydrogen-bond acceptors (Lipinski definition) is 5. The third-order valence-corrected chi connectivity index (χ3v) is 4.83. The van der Waals surface area contributed by atoms with Gasteiger partial charge in [0.1, 0.15) is 12.9 Å². The average molecular weight is 395 g/mol. The molecule has 0 spiro atoms. The second-order valence-corrected chi connectivity index (χ2v) is 6.76. The van der Waals surface area contributed by atoms with Gasteiger partial charge in [0.25, 0.3) is 0 Å². The number of rotatable bonds is 5. The van der Waals surface area contributed by atoms with Crippen LogP contribution in [0.25, 0.3) is 27.8 Å². The van der Waals surface area contributed by atoms with E-state index in [0.717, 1.165) is 22.0 Å². The van der Waals surface area contributed by atoms with Crippen LogP contribution in [0.3, 0.4) is 0 Å². The molecule has 3 heterocycles. The summed E-state index contributed by atoms with van der Waals surface area (Å²) in [5.41, 5.74) is 4.11. The van der Waals surface area contributed by atoms with Crippen molar-refractivity contribution in [2.24, 2.45) is 0 Å². The fourth-order valence-electron chi connectivity index (χ4n) is 3.30. The normalized spacial score (nSPS) is 10.9. The summed E-state index contributed by atoms with van der Waals surface area (Å²) in [6, 6.07) is 23.0. The molecule has 0 aliphatic heterocycles. The van der Waals surface area contributed by atoms with Gasteiger partial charge < -0.3 is 9.15 Å². The van der Waals surface area contributed by atoms with Gasteiger partial charge in [-0.3, -0.25) is 4.98 Å². The van der Waals surface area contributed by atoms with Crippen molar-refractivity contribution >= 4 is 10.9 Å². The molecule has 0 N–H and O–H groups in total. The highest BCUT2D eigenvalue weighted by atomic mass is 16.5. The lowest BCUT2D eigenvalue weighted by atomic mass is 10.2. The Bertz CT molecular complexity index is 1360. The second-order valence-electron chi connectivity index (χ2n) is 6.76. The predicted molar refractivity (Wildman–Crippen MR) is 114 cm³/mol. The molecule has 3 aromatic heterocycles. The number of benzene rings is 2. The fourth-order valence-corrected chi connectivity index (χ4v) is 3.30. The van der Waals surface area contributed by atoms with Crippen molar-refractivity contribution in [3.8, 4) is 22.8 Å². The van der Waals surface area contributed by atoms with Gasteiger partial charge in [0.15, 0.2) is 0 Å². The fraction of sp³-hybridized carbons (Fsp3) is 0.0417. The zero-order chi connectivity index (χ0) is 20.3. The summed E-state index contributed by atoms with van der Waals surface area (Å²) < 4.78 is 12.5. The first-order chi connectivity index (χ1) is 14.8. The Morgan fingerprint density at radius 2 is 1.70 bits per heavy atom. The Kier molecular flexibility index (Phi) is 4.57. The highest BCUT2D eigenvalue weighted by molar-refractivity contribution is 5.78. The molecule has 6 nitrogen and oxygen atoms in total. The first-order valence-corrected chi connectivity index (χ1v) is 9.47. The number of nitrogens with zero attached hydrogens (tertiary/aromatic N) is 3. The molecule has 0 unspecified atom stereocenters. The Morgan fingerprint density at radius 1 is 0.900 bits per heavy atom. The van der Waals surface area contributed by atoms with Gasteiger partial charge in [0.2, 0.25) is 5.88 Å². The number of oxazole rings is 1. The van der Waals surface area contributed by atoms with Crippen LogP contribution in [0.5, 0.6) is 5.88 Å². The zero-order valence-corrected chi connectivity index (χ0v) is 15.9. The maximum Gasteiger partial charge on any atom is 0.424 e. The van der Waals surface area contributed by atoms with Gasteiger partial charge in [0.05, 0.1) is 16.9 Å². The van der Waals surface area contributed by atoms with E-state index < -0.39 is 5.76 Å². The summed E-state index contributed by atoms with van der Waals surface area (Å²) >= 11 is 0. The molecule has 0 amide bonds. The quantitative estimate of drug-likeness (QED) is 0.434. The minimum atomic E-state index is -0.439. The summed E-state index contributed by atoms with van der Waals surface area (Å²) in [6.45, 7) is 0.378. The van der Waals surface area contributed by atoms with Gasteiger partial charge >= 0.3 is 5.76 Å². The minimum Gasteiger partial charge on any atom is -0.473 e. The van der Waals surface area contributed by atoms with Gasteiger partial charge in [-0.1, -0.05) is 30.3 Å². The molecule has 0 fully saturated rings. The Labute approximate surface area is 172 Å². The van der Waals surface area contributed by atoms with Crippen LogP contribution in [0.2, 0.25) is 0 Å². The van der Waals surface area contributed by atoms with E-state index in [4.69, 9.17) is 9.15 Å². The van der Waals surface area contributed by atoms with Crippen LogP contribution in [0.15, 0.2) is 101 Å². The van der Waals surface area contributed by atoms with Crippen molar-refractivity contribution in [2.45, 2.75) is 6.61 Å². The molecule has 30 heavy (non-hydrogen) atoms. The van der Waals surface area contributed by atoms with Crippen molar-refractivity contribution in [2.75, 3.05) is 0 Å². The zero-order valence-electron chi connectivity index (χ0n) is 15.9. The standard InChI is InChI=1S/C24H17N3O3/c28-24-27(22(16-30-24)19-11-13-25-14-12-19)20-8-5-17(6-9-20)15-29-23-10-7-18-3-1-2-4-21(18)26-23/h1-14,16H,15H2. The van der Waals surface area contributed by atoms with Crippen LogP contribution in [0, 0.1) is 0 Å². The molecule has 6 heteroatoms. The van der Waals surface area contributed by atoms with Crippen LogP contribution >= 0.6 is 0 Å². The first kappa shape index (κ1) is 17.9. The highest BCUT2D eigenvalue weighted by Gasteiger charge is 2.12. The molecule has 0 saturated carbocycles. The van der Waals surface area contributed by atoms with E-state index in [1.165, 1.54) is 10.8 Å². The lowest BCUT2D eigenvalue weighted by molar-refractivity contribution is 0.295. The van der Waals surface area contributed by atoms with Gasteiger partial charge in [-0.15, -0.1) is 0 Å². The van der Waals surface area contributed by atoms with E-state index in [0.29, 0.717) is 23.9 Å². The molecule has 0 bridgehead atoms. The third kappa shape index (κ3) is 3.46. The van der Waals surface area contributed by atoms with Crippen LogP contribution in [-0.2, 0) is 6.61 Å². The number of ether oxygens (including phenoxy) is 1. The number of hydrogen-bond donors (Lipinski definition) is 0. The molecular formula is C24H17N3O3. The molecule has 5 aromatic rings. The van der Waals surface area contributed by atoms with Crippen LogP contribution in [0.4, 0.5) is 0 Å². The topological polar surface area (TPSA) is 70.2 Å². The second kappa shape index (κ2) is 7.67. The van der Waals surface area contributed by atoms with E-state index in [9.17, 15) is 4.79 Å². The molecule has 146 valence electrons. The monoisotopic (exact) mass is 395 g/mol. The SMILES string of the molecule is O=c1occ(-c2ccncc2)n1-c1ccc(COc2ccc3ccccc3n2)cc1. The van der Waals surface area contributed by atoms with Gasteiger partial charge in [-0.25, -0.2) is 14.3 Å². The van der Waals surface area contributed by atoms with E-state index in [1.54, 1.807) is 12.4 Å². The third-order valence-electron chi connectivity index (χ3n) is 4.83. The number of aromatic nitrogens is 3. The molecule has 0 saturated heterocycles. The molecule has 5 rings (SSSR count). The lowest BCUT2D eigenvalue weighted by Crippen LogP contribution is -2.13. The highest BCUT2D eigenvalue weighted by Crippen LogP contribution is 2.22. The smallest absolute Gasteiger partial charge is 0.424 e. The maximum absolute atomic E-state index is 12.3. The summed E-state index contributed by atoms with van der Waals surface area (Å²) in [5.74, 6) is 0.134. The Balaban J connectivity index is 1.36. The predicted octanol–water partition coefficient (Wildman–Crippen LogP) is 4.62. The summed E-state index contributed by atoms with van der Waals surface area (Å²) in [4.78, 5) is 20.8. The van der Waals surface area contributed by atoms with E-state index in [2.05, 4.69) is 9.97 Å². The maximum atomic E-state index is 12.3. The molecule has 0 aliphatic carbocycles. The molecule has 0 aliphatic rings.